The maximum atomic E-state index is 12.8. The van der Waals surface area contributed by atoms with Gasteiger partial charge >= 0.3 is 29.6 Å². The summed E-state index contributed by atoms with van der Waals surface area (Å²) in [7, 11) is -3.41. The van der Waals surface area contributed by atoms with Gasteiger partial charge in [-0.3, -0.25) is 0 Å². The van der Waals surface area contributed by atoms with Gasteiger partial charge in [0.1, 0.15) is 16.9 Å². The summed E-state index contributed by atoms with van der Waals surface area (Å²) < 4.78 is 51.4. The Balaban J connectivity index is -0.000000379. The third-order valence-electron chi connectivity index (χ3n) is 1.54. The molecule has 0 aliphatic carbocycles. The Morgan fingerprint density at radius 1 is 1.39 bits per heavy atom. The molecule has 9 heteroatoms. The fourth-order valence-electron chi connectivity index (χ4n) is 0.926. The minimum atomic E-state index is -3.41. The predicted molar refractivity (Wildman–Crippen MR) is 63.2 cm³/mol. The first-order chi connectivity index (χ1) is 7.66. The van der Waals surface area contributed by atoms with Crippen molar-refractivity contribution >= 4 is 20.9 Å². The summed E-state index contributed by atoms with van der Waals surface area (Å²) in [6.07, 6.45) is 2.18. The number of sulfone groups is 1. The van der Waals surface area contributed by atoms with Crippen molar-refractivity contribution in [3.05, 3.63) is 29.6 Å². The summed E-state index contributed by atoms with van der Waals surface area (Å²) >= 11 is -1.61. The normalized spacial score (nSPS) is 11.8. The summed E-state index contributed by atoms with van der Waals surface area (Å²) in [4.78, 5) is -0.114. The Morgan fingerprint density at radius 3 is 2.17 bits per heavy atom. The molecule has 1 rings (SSSR count). The predicted octanol–water partition coefficient (Wildman–Crippen LogP) is -2.32. The molecule has 0 saturated heterocycles. The fourth-order valence-corrected chi connectivity index (χ4v) is 1.62. The van der Waals surface area contributed by atoms with E-state index in [-0.39, 0.29) is 48.0 Å². The van der Waals surface area contributed by atoms with Crippen LogP contribution in [0.1, 0.15) is 6.99 Å². The van der Waals surface area contributed by atoms with E-state index < -0.39 is 26.7 Å². The molecule has 100 valence electrons. The Bertz CT molecular complexity index is 505. The van der Waals surface area contributed by atoms with E-state index in [1.807, 2.05) is 0 Å². The Kier molecular flexibility index (Phi) is 10.4. The molecule has 1 atom stereocenters. The number of halogens is 1. The molecule has 1 unspecified atom stereocenters. The Morgan fingerprint density at radius 2 is 1.83 bits per heavy atom. The van der Waals surface area contributed by atoms with E-state index in [9.17, 15) is 12.8 Å². The van der Waals surface area contributed by atoms with Gasteiger partial charge in [-0.05, 0) is 23.8 Å². The second-order valence-electron chi connectivity index (χ2n) is 3.15. The quantitative estimate of drug-likeness (QED) is 0.473. The molecule has 0 fully saturated rings. The molecule has 5 nitrogen and oxygen atoms in total. The van der Waals surface area contributed by atoms with Crippen LogP contribution in [-0.2, 0) is 27.5 Å². The van der Waals surface area contributed by atoms with E-state index in [1.54, 1.807) is 0 Å². The molecule has 1 aromatic rings. The average molecular weight is 308 g/mol. The first kappa shape index (κ1) is 20.5. The van der Waals surface area contributed by atoms with E-state index in [0.29, 0.717) is 0 Å². The molecule has 18 heavy (non-hydrogen) atoms. The molecule has 0 radical (unpaired) electrons. The molecule has 0 aliphatic rings. The third-order valence-corrected chi connectivity index (χ3v) is 2.63. The van der Waals surface area contributed by atoms with Crippen LogP contribution in [0, 0.1) is 5.82 Å². The number of aliphatic hydroxyl groups excluding tert-OH is 1. The molecule has 0 bridgehead atoms. The molecule has 2 N–H and O–H groups in total. The largest absolute Gasteiger partial charge is 1.00 e. The van der Waals surface area contributed by atoms with Crippen LogP contribution in [0.5, 0.6) is 0 Å². The van der Waals surface area contributed by atoms with Gasteiger partial charge in [-0.2, -0.15) is 0 Å². The summed E-state index contributed by atoms with van der Waals surface area (Å²) in [6, 6.07) is 3.27. The zero-order valence-corrected chi connectivity index (χ0v) is 13.9. The Hall–Kier alpha value is 0.170. The smallest absolute Gasteiger partial charge is 1.00 e. The van der Waals surface area contributed by atoms with Gasteiger partial charge in [-0.1, -0.05) is 0 Å². The van der Waals surface area contributed by atoms with Gasteiger partial charge in [-0.15, -0.1) is 0 Å². The van der Waals surface area contributed by atoms with Crippen LogP contribution in [0.3, 0.4) is 0 Å². The minimum Gasteiger partial charge on any atom is -1.00 e. The van der Waals surface area contributed by atoms with E-state index in [0.717, 1.165) is 18.4 Å². The molecule has 0 aromatic heterocycles. The summed E-state index contributed by atoms with van der Waals surface area (Å²) in [5.74, 6) is -0.660. The molecule has 0 heterocycles. The number of hydrogen-bond donors (Lipinski definition) is 2. The van der Waals surface area contributed by atoms with E-state index in [4.69, 9.17) is 13.9 Å². The zero-order valence-electron chi connectivity index (χ0n) is 11.3. The number of rotatable bonds is 2. The number of hydrogen-bond acceptors (Lipinski definition) is 4. The standard InChI is InChI=1S/C8H9FO3S.CH4O2S.Na.H/c1-13(11,12)8-3-6(5-10)2-7(9)4-8;1-4(2)3;;/h2-4,10H,5H2,1H3;1H3,(H,2,3);;/q;;+1;-1. The van der Waals surface area contributed by atoms with Crippen molar-refractivity contribution in [1.82, 2.24) is 0 Å². The molecule has 0 aliphatic heterocycles. The van der Waals surface area contributed by atoms with Crippen molar-refractivity contribution in [2.45, 2.75) is 11.5 Å². The SMILES string of the molecule is CS(=O)(=O)c1cc(F)cc(CO)c1.CS(=O)O.[H-].[Na+]. The molecular formula is C9H14FNaO5S2. The van der Waals surface area contributed by atoms with E-state index in [1.165, 1.54) is 12.3 Å². The molecule has 1 aromatic carbocycles. The van der Waals surface area contributed by atoms with E-state index >= 15 is 0 Å². The van der Waals surface area contributed by atoms with Crippen LogP contribution in [0.2, 0.25) is 0 Å². The average Bonchev–Trinajstić information content (AvgIpc) is 2.14. The van der Waals surface area contributed by atoms with Gasteiger partial charge in [0.2, 0.25) is 0 Å². The van der Waals surface area contributed by atoms with Crippen LogP contribution < -0.4 is 29.6 Å². The summed E-state index contributed by atoms with van der Waals surface area (Å²) in [6.45, 7) is -0.375. The van der Waals surface area contributed by atoms with E-state index in [2.05, 4.69) is 0 Å². The second kappa shape index (κ2) is 9.13. The topological polar surface area (TPSA) is 91.7 Å². The maximum absolute atomic E-state index is 12.8. The van der Waals surface area contributed by atoms with Gasteiger partial charge in [0.05, 0.1) is 11.5 Å². The van der Waals surface area contributed by atoms with Crippen LogP contribution in [-0.4, -0.2) is 34.8 Å². The van der Waals surface area contributed by atoms with Crippen molar-refractivity contribution in [3.63, 3.8) is 0 Å². The molecule has 0 saturated carbocycles. The van der Waals surface area contributed by atoms with Gasteiger partial charge in [0.25, 0.3) is 0 Å². The van der Waals surface area contributed by atoms with Crippen molar-refractivity contribution in [2.24, 2.45) is 0 Å². The van der Waals surface area contributed by atoms with Crippen molar-refractivity contribution in [3.8, 4) is 0 Å². The van der Waals surface area contributed by atoms with Gasteiger partial charge in [-0.25, -0.2) is 17.0 Å². The fraction of sp³-hybridized carbons (Fsp3) is 0.333. The van der Waals surface area contributed by atoms with Crippen LogP contribution in [0.25, 0.3) is 0 Å². The Labute approximate surface area is 131 Å². The monoisotopic (exact) mass is 308 g/mol. The number of aliphatic hydroxyl groups is 1. The maximum Gasteiger partial charge on any atom is 1.00 e. The van der Waals surface area contributed by atoms with Crippen LogP contribution in [0.15, 0.2) is 23.1 Å². The molecular weight excluding hydrogens is 294 g/mol. The first-order valence-electron chi connectivity index (χ1n) is 4.29. The summed E-state index contributed by atoms with van der Waals surface area (Å²) in [5.41, 5.74) is 0.250. The van der Waals surface area contributed by atoms with Gasteiger partial charge in [0.15, 0.2) is 9.84 Å². The second-order valence-corrected chi connectivity index (χ2v) is 6.01. The number of benzene rings is 1. The van der Waals surface area contributed by atoms with Crippen LogP contribution in [0.4, 0.5) is 4.39 Å². The van der Waals surface area contributed by atoms with Crippen molar-refractivity contribution in [2.75, 3.05) is 12.5 Å². The van der Waals surface area contributed by atoms with Crippen LogP contribution >= 0.6 is 0 Å². The third kappa shape index (κ3) is 9.15. The molecule has 0 amide bonds. The van der Waals surface area contributed by atoms with Crippen molar-refractivity contribution < 1.29 is 57.7 Å². The molecule has 0 spiro atoms. The first-order valence-corrected chi connectivity index (χ1v) is 7.70. The van der Waals surface area contributed by atoms with Crippen molar-refractivity contribution in [1.29, 1.82) is 0 Å². The van der Waals surface area contributed by atoms with Gasteiger partial charge in [0, 0.05) is 12.5 Å². The summed E-state index contributed by atoms with van der Waals surface area (Å²) in [5, 5.41) is 8.69. The van der Waals surface area contributed by atoms with Gasteiger partial charge < -0.3 is 11.1 Å². The minimum absolute atomic E-state index is 0. The zero-order chi connectivity index (χ0) is 13.6.